The Morgan fingerprint density at radius 1 is 1.05 bits per heavy atom. The highest BCUT2D eigenvalue weighted by molar-refractivity contribution is 5.29. The van der Waals surface area contributed by atoms with E-state index in [-0.39, 0.29) is 6.04 Å². The van der Waals surface area contributed by atoms with E-state index < -0.39 is 0 Å². The normalized spacial score (nSPS) is 13.2. The molecule has 0 spiro atoms. The molecule has 0 radical (unpaired) electrons. The van der Waals surface area contributed by atoms with E-state index in [1.807, 2.05) is 12.1 Å². The van der Waals surface area contributed by atoms with Crippen molar-refractivity contribution >= 4 is 0 Å². The Bertz CT molecular complexity index is 365. The lowest BCUT2D eigenvalue weighted by Gasteiger charge is -2.28. The molecular weight excluding hydrogens is 248 g/mol. The molecule has 0 amide bonds. The van der Waals surface area contributed by atoms with Gasteiger partial charge in [-0.25, -0.2) is 0 Å². The molecule has 1 rings (SSSR count). The Hall–Kier alpha value is -1.06. The highest BCUT2D eigenvalue weighted by Crippen LogP contribution is 2.22. The number of methoxy groups -OCH3 is 1. The van der Waals surface area contributed by atoms with Crippen LogP contribution in [-0.4, -0.2) is 20.2 Å². The van der Waals surface area contributed by atoms with Crippen LogP contribution in [0.5, 0.6) is 5.75 Å². The van der Waals surface area contributed by atoms with Crippen LogP contribution >= 0.6 is 0 Å². The molecule has 3 heteroatoms. The van der Waals surface area contributed by atoms with Gasteiger partial charge in [0.05, 0.1) is 7.11 Å². The third-order valence-electron chi connectivity index (χ3n) is 4.07. The summed E-state index contributed by atoms with van der Waals surface area (Å²) in [5, 5.41) is 3.62. The van der Waals surface area contributed by atoms with Gasteiger partial charge >= 0.3 is 0 Å². The fraction of sp³-hybridized carbons (Fsp3) is 0.647. The molecule has 0 saturated carbocycles. The van der Waals surface area contributed by atoms with Gasteiger partial charge in [-0.2, -0.15) is 0 Å². The van der Waals surface area contributed by atoms with E-state index in [0.29, 0.717) is 24.3 Å². The minimum Gasteiger partial charge on any atom is -0.497 e. The van der Waals surface area contributed by atoms with Gasteiger partial charge < -0.3 is 15.8 Å². The van der Waals surface area contributed by atoms with E-state index >= 15 is 0 Å². The monoisotopic (exact) mass is 278 g/mol. The van der Waals surface area contributed by atoms with Crippen LogP contribution in [0.25, 0.3) is 0 Å². The molecular formula is C17H30N2O. The van der Waals surface area contributed by atoms with E-state index in [2.05, 4.69) is 45.1 Å². The van der Waals surface area contributed by atoms with Gasteiger partial charge in [-0.05, 0) is 42.0 Å². The van der Waals surface area contributed by atoms with Crippen molar-refractivity contribution in [3.8, 4) is 5.75 Å². The largest absolute Gasteiger partial charge is 0.497 e. The molecule has 114 valence electrons. The summed E-state index contributed by atoms with van der Waals surface area (Å²) in [6.45, 7) is 10.8. The average Bonchev–Trinajstić information content (AvgIpc) is 2.43. The number of rotatable bonds is 8. The van der Waals surface area contributed by atoms with Crippen LogP contribution in [-0.2, 0) is 0 Å². The van der Waals surface area contributed by atoms with Gasteiger partial charge in [-0.1, -0.05) is 39.8 Å². The Labute approximate surface area is 123 Å². The molecule has 0 aliphatic rings. The summed E-state index contributed by atoms with van der Waals surface area (Å²) in [6, 6.07) is 8.36. The Balaban J connectivity index is 2.66. The summed E-state index contributed by atoms with van der Waals surface area (Å²) >= 11 is 0. The number of hydrogen-bond donors (Lipinski definition) is 2. The van der Waals surface area contributed by atoms with Crippen molar-refractivity contribution < 1.29 is 4.74 Å². The summed E-state index contributed by atoms with van der Waals surface area (Å²) in [5.74, 6) is 2.91. The Morgan fingerprint density at radius 2 is 1.60 bits per heavy atom. The Morgan fingerprint density at radius 3 is 2.00 bits per heavy atom. The van der Waals surface area contributed by atoms with Crippen molar-refractivity contribution in [1.29, 1.82) is 0 Å². The summed E-state index contributed by atoms with van der Waals surface area (Å²) < 4.78 is 5.19. The fourth-order valence-corrected chi connectivity index (χ4v) is 2.69. The molecule has 3 N–H and O–H groups in total. The predicted octanol–water partition coefficient (Wildman–Crippen LogP) is 3.21. The standard InChI is InChI=1S/C17H30N2O/c1-12(2)16(13(3)4)11-19-17(10-18)14-6-8-15(20-5)9-7-14/h6-9,12-13,16-17,19H,10-11,18H2,1-5H3. The maximum Gasteiger partial charge on any atom is 0.118 e. The first-order chi connectivity index (χ1) is 9.49. The van der Waals surface area contributed by atoms with Crippen molar-refractivity contribution in [2.75, 3.05) is 20.2 Å². The van der Waals surface area contributed by atoms with Crippen LogP contribution in [0.1, 0.15) is 39.3 Å². The van der Waals surface area contributed by atoms with Gasteiger partial charge in [-0.15, -0.1) is 0 Å². The minimum atomic E-state index is 0.209. The van der Waals surface area contributed by atoms with Crippen LogP contribution in [0.3, 0.4) is 0 Å². The molecule has 0 saturated heterocycles. The quantitative estimate of drug-likeness (QED) is 0.767. The SMILES string of the molecule is COc1ccc(C(CN)NCC(C(C)C)C(C)C)cc1. The fourth-order valence-electron chi connectivity index (χ4n) is 2.69. The average molecular weight is 278 g/mol. The molecule has 1 aromatic carbocycles. The van der Waals surface area contributed by atoms with E-state index in [9.17, 15) is 0 Å². The van der Waals surface area contributed by atoms with Gasteiger partial charge in [-0.3, -0.25) is 0 Å². The maximum absolute atomic E-state index is 5.92. The van der Waals surface area contributed by atoms with Crippen LogP contribution in [0.15, 0.2) is 24.3 Å². The lowest BCUT2D eigenvalue weighted by Crippen LogP contribution is -2.35. The van der Waals surface area contributed by atoms with E-state index in [0.717, 1.165) is 12.3 Å². The molecule has 1 atom stereocenters. The zero-order chi connectivity index (χ0) is 15.1. The molecule has 0 heterocycles. The molecule has 20 heavy (non-hydrogen) atoms. The number of benzene rings is 1. The van der Waals surface area contributed by atoms with Crippen molar-refractivity contribution in [2.45, 2.75) is 33.7 Å². The first-order valence-corrected chi connectivity index (χ1v) is 7.57. The second-order valence-electron chi connectivity index (χ2n) is 6.12. The molecule has 0 bridgehead atoms. The third kappa shape index (κ3) is 4.80. The molecule has 3 nitrogen and oxygen atoms in total. The van der Waals surface area contributed by atoms with E-state index in [1.165, 1.54) is 5.56 Å². The van der Waals surface area contributed by atoms with Crippen LogP contribution in [0.2, 0.25) is 0 Å². The molecule has 0 aliphatic heterocycles. The minimum absolute atomic E-state index is 0.209. The van der Waals surface area contributed by atoms with Crippen LogP contribution in [0.4, 0.5) is 0 Å². The summed E-state index contributed by atoms with van der Waals surface area (Å²) in [5.41, 5.74) is 7.14. The van der Waals surface area contributed by atoms with Crippen molar-refractivity contribution in [3.05, 3.63) is 29.8 Å². The number of hydrogen-bond acceptors (Lipinski definition) is 3. The highest BCUT2D eigenvalue weighted by Gasteiger charge is 2.19. The van der Waals surface area contributed by atoms with E-state index in [1.54, 1.807) is 7.11 Å². The Kier molecular flexibility index (Phi) is 7.03. The van der Waals surface area contributed by atoms with Crippen LogP contribution < -0.4 is 15.8 Å². The molecule has 1 aromatic rings. The molecule has 0 aliphatic carbocycles. The van der Waals surface area contributed by atoms with E-state index in [4.69, 9.17) is 10.5 Å². The zero-order valence-corrected chi connectivity index (χ0v) is 13.5. The topological polar surface area (TPSA) is 47.3 Å². The van der Waals surface area contributed by atoms with Crippen molar-refractivity contribution in [2.24, 2.45) is 23.5 Å². The maximum atomic E-state index is 5.92. The lowest BCUT2D eigenvalue weighted by atomic mass is 9.85. The second kappa shape index (κ2) is 8.28. The summed E-state index contributed by atoms with van der Waals surface area (Å²) in [6.07, 6.45) is 0. The van der Waals surface area contributed by atoms with Gasteiger partial charge in [0.15, 0.2) is 0 Å². The summed E-state index contributed by atoms with van der Waals surface area (Å²) in [7, 11) is 1.68. The smallest absolute Gasteiger partial charge is 0.118 e. The third-order valence-corrected chi connectivity index (χ3v) is 4.07. The summed E-state index contributed by atoms with van der Waals surface area (Å²) in [4.78, 5) is 0. The first kappa shape index (κ1) is 17.0. The number of nitrogens with one attached hydrogen (secondary N) is 1. The van der Waals surface area contributed by atoms with Crippen molar-refractivity contribution in [3.63, 3.8) is 0 Å². The van der Waals surface area contributed by atoms with Gasteiger partial charge in [0, 0.05) is 12.6 Å². The number of nitrogens with two attached hydrogens (primary N) is 1. The second-order valence-corrected chi connectivity index (χ2v) is 6.12. The molecule has 0 aromatic heterocycles. The van der Waals surface area contributed by atoms with Gasteiger partial charge in [0.2, 0.25) is 0 Å². The predicted molar refractivity (Wildman–Crippen MR) is 86.0 cm³/mol. The molecule has 1 unspecified atom stereocenters. The number of ether oxygens (including phenoxy) is 1. The molecule has 0 fully saturated rings. The zero-order valence-electron chi connectivity index (χ0n) is 13.5. The van der Waals surface area contributed by atoms with Gasteiger partial charge in [0.1, 0.15) is 5.75 Å². The van der Waals surface area contributed by atoms with Crippen molar-refractivity contribution in [1.82, 2.24) is 5.32 Å². The lowest BCUT2D eigenvalue weighted by molar-refractivity contribution is 0.266. The van der Waals surface area contributed by atoms with Gasteiger partial charge in [0.25, 0.3) is 0 Å². The highest BCUT2D eigenvalue weighted by atomic mass is 16.5. The first-order valence-electron chi connectivity index (χ1n) is 7.57. The van der Waals surface area contributed by atoms with Crippen LogP contribution in [0, 0.1) is 17.8 Å².